The summed E-state index contributed by atoms with van der Waals surface area (Å²) >= 11 is 0. The number of amides is 1. The molecular weight excluding hydrogens is 186 g/mol. The fraction of sp³-hybridized carbons (Fsp3) is 0.222. The lowest BCUT2D eigenvalue weighted by molar-refractivity contribution is -0.131. The van der Waals surface area contributed by atoms with Crippen LogP contribution < -0.4 is 15.0 Å². The maximum absolute atomic E-state index is 10.7. The second-order valence-electron chi connectivity index (χ2n) is 2.47. The molecule has 76 valence electrons. The van der Waals surface area contributed by atoms with Crippen LogP contribution in [0.4, 0.5) is 0 Å². The van der Waals surface area contributed by atoms with Crippen molar-refractivity contribution in [1.29, 1.82) is 0 Å². The van der Waals surface area contributed by atoms with Gasteiger partial charge < -0.3 is 9.47 Å². The Labute approximate surface area is 81.2 Å². The van der Waals surface area contributed by atoms with E-state index in [1.807, 2.05) is 0 Å². The van der Waals surface area contributed by atoms with Crippen LogP contribution in [0.2, 0.25) is 0 Å². The molecule has 5 nitrogen and oxygen atoms in total. The van der Waals surface area contributed by atoms with Crippen molar-refractivity contribution in [2.75, 3.05) is 13.7 Å². The zero-order valence-electron chi connectivity index (χ0n) is 7.69. The quantitative estimate of drug-likeness (QED) is 0.547. The number of hydrogen-bond donors (Lipinski definition) is 2. The van der Waals surface area contributed by atoms with Gasteiger partial charge in [-0.3, -0.25) is 10.0 Å². The van der Waals surface area contributed by atoms with Crippen molar-refractivity contribution < 1.29 is 19.5 Å². The molecule has 5 heteroatoms. The molecular formula is C9H11NO4. The van der Waals surface area contributed by atoms with Gasteiger partial charge in [-0.25, -0.2) is 5.48 Å². The van der Waals surface area contributed by atoms with Gasteiger partial charge in [-0.2, -0.15) is 0 Å². The van der Waals surface area contributed by atoms with Crippen LogP contribution in [-0.4, -0.2) is 24.8 Å². The Bertz CT molecular complexity index is 313. The van der Waals surface area contributed by atoms with Crippen LogP contribution >= 0.6 is 0 Å². The maximum Gasteiger partial charge on any atom is 0.281 e. The summed E-state index contributed by atoms with van der Waals surface area (Å²) < 4.78 is 10.1. The molecule has 0 radical (unpaired) electrons. The summed E-state index contributed by atoms with van der Waals surface area (Å²) in [5.74, 6) is 0.382. The van der Waals surface area contributed by atoms with Crippen LogP contribution in [0.15, 0.2) is 24.3 Å². The Morgan fingerprint density at radius 2 is 2.07 bits per heavy atom. The highest BCUT2D eigenvalue weighted by molar-refractivity contribution is 5.76. The van der Waals surface area contributed by atoms with Crippen LogP contribution in [0.3, 0.4) is 0 Å². The Balaban J connectivity index is 2.61. The minimum atomic E-state index is -0.615. The number of methoxy groups -OCH3 is 1. The second kappa shape index (κ2) is 5.08. The zero-order chi connectivity index (χ0) is 10.4. The van der Waals surface area contributed by atoms with Crippen LogP contribution in [0.5, 0.6) is 11.5 Å². The third-order valence-corrected chi connectivity index (χ3v) is 1.55. The monoisotopic (exact) mass is 197 g/mol. The molecule has 2 N–H and O–H groups in total. The van der Waals surface area contributed by atoms with Gasteiger partial charge in [0.05, 0.1) is 7.11 Å². The lowest BCUT2D eigenvalue weighted by Gasteiger charge is -2.08. The topological polar surface area (TPSA) is 67.8 Å². The molecule has 0 bridgehead atoms. The fourth-order valence-corrected chi connectivity index (χ4v) is 0.914. The lowest BCUT2D eigenvalue weighted by atomic mass is 10.3. The Morgan fingerprint density at radius 1 is 1.43 bits per heavy atom. The van der Waals surface area contributed by atoms with E-state index >= 15 is 0 Å². The van der Waals surface area contributed by atoms with Gasteiger partial charge in [0.1, 0.15) is 0 Å². The normalized spacial score (nSPS) is 9.29. The van der Waals surface area contributed by atoms with Gasteiger partial charge in [0.2, 0.25) is 0 Å². The van der Waals surface area contributed by atoms with Gasteiger partial charge >= 0.3 is 0 Å². The van der Waals surface area contributed by atoms with Crippen molar-refractivity contribution in [2.45, 2.75) is 0 Å². The van der Waals surface area contributed by atoms with Gasteiger partial charge in [0, 0.05) is 0 Å². The number of benzene rings is 1. The number of nitrogens with one attached hydrogen (secondary N) is 1. The summed E-state index contributed by atoms with van der Waals surface area (Å²) in [5.41, 5.74) is 1.47. The number of ether oxygens (including phenoxy) is 2. The smallest absolute Gasteiger partial charge is 0.281 e. The van der Waals surface area contributed by atoms with E-state index in [2.05, 4.69) is 0 Å². The van der Waals surface area contributed by atoms with Crippen LogP contribution in [0, 0.1) is 0 Å². The highest BCUT2D eigenvalue weighted by Gasteiger charge is 2.04. The van der Waals surface area contributed by atoms with Crippen LogP contribution in [-0.2, 0) is 4.79 Å². The molecule has 0 aliphatic carbocycles. The molecule has 1 amide bonds. The largest absolute Gasteiger partial charge is 0.493 e. The third kappa shape index (κ3) is 2.63. The van der Waals surface area contributed by atoms with Crippen molar-refractivity contribution in [3.05, 3.63) is 24.3 Å². The van der Waals surface area contributed by atoms with E-state index in [1.165, 1.54) is 12.6 Å². The molecule has 0 aliphatic rings. The summed E-state index contributed by atoms with van der Waals surface area (Å²) in [6, 6.07) is 6.93. The Kier molecular flexibility index (Phi) is 3.75. The van der Waals surface area contributed by atoms with E-state index in [4.69, 9.17) is 14.7 Å². The fourth-order valence-electron chi connectivity index (χ4n) is 0.914. The van der Waals surface area contributed by atoms with Crippen molar-refractivity contribution in [2.24, 2.45) is 0 Å². The molecule has 14 heavy (non-hydrogen) atoms. The minimum absolute atomic E-state index is 0.253. The molecule has 0 fully saturated rings. The average molecular weight is 197 g/mol. The van der Waals surface area contributed by atoms with Crippen molar-refractivity contribution in [3.63, 3.8) is 0 Å². The molecule has 0 spiro atoms. The highest BCUT2D eigenvalue weighted by atomic mass is 16.5. The SMILES string of the molecule is COc1ccccc1OCC(=O)NO. The van der Waals surface area contributed by atoms with Gasteiger partial charge in [-0.15, -0.1) is 0 Å². The zero-order valence-corrected chi connectivity index (χ0v) is 7.69. The van der Waals surface area contributed by atoms with E-state index in [1.54, 1.807) is 24.3 Å². The Hall–Kier alpha value is -1.75. The summed E-state index contributed by atoms with van der Waals surface area (Å²) in [6.45, 7) is -0.253. The molecule has 0 unspecified atom stereocenters. The molecule has 0 saturated heterocycles. The third-order valence-electron chi connectivity index (χ3n) is 1.55. The van der Waals surface area contributed by atoms with Crippen molar-refractivity contribution in [1.82, 2.24) is 5.48 Å². The molecule has 0 heterocycles. The molecule has 1 aromatic carbocycles. The first-order valence-electron chi connectivity index (χ1n) is 3.96. The number of carbonyl (C=O) groups is 1. The number of hydroxylamine groups is 1. The Morgan fingerprint density at radius 3 is 2.64 bits per heavy atom. The molecule has 0 saturated carbocycles. The molecule has 0 aliphatic heterocycles. The average Bonchev–Trinajstić information content (AvgIpc) is 2.26. The standard InChI is InChI=1S/C9H11NO4/c1-13-7-4-2-3-5-8(7)14-6-9(11)10-12/h2-5,12H,6H2,1H3,(H,10,11). The van der Waals surface area contributed by atoms with Gasteiger partial charge in [-0.1, -0.05) is 12.1 Å². The van der Waals surface area contributed by atoms with Crippen LogP contribution in [0.1, 0.15) is 0 Å². The van der Waals surface area contributed by atoms with Crippen molar-refractivity contribution >= 4 is 5.91 Å². The number of carbonyl (C=O) groups excluding carboxylic acids is 1. The summed E-state index contributed by atoms with van der Waals surface area (Å²) in [6.07, 6.45) is 0. The maximum atomic E-state index is 10.7. The number of rotatable bonds is 4. The van der Waals surface area contributed by atoms with E-state index in [0.717, 1.165) is 0 Å². The molecule has 0 atom stereocenters. The van der Waals surface area contributed by atoms with E-state index < -0.39 is 5.91 Å². The van der Waals surface area contributed by atoms with E-state index in [0.29, 0.717) is 11.5 Å². The molecule has 1 rings (SSSR count). The first-order chi connectivity index (χ1) is 6.77. The minimum Gasteiger partial charge on any atom is -0.493 e. The first-order valence-corrected chi connectivity index (χ1v) is 3.96. The van der Waals surface area contributed by atoms with Gasteiger partial charge in [0.25, 0.3) is 5.91 Å². The van der Waals surface area contributed by atoms with E-state index in [-0.39, 0.29) is 6.61 Å². The number of hydrogen-bond acceptors (Lipinski definition) is 4. The van der Waals surface area contributed by atoms with Crippen molar-refractivity contribution in [3.8, 4) is 11.5 Å². The predicted molar refractivity (Wildman–Crippen MR) is 48.4 cm³/mol. The molecule has 0 aromatic heterocycles. The van der Waals surface area contributed by atoms with Gasteiger partial charge in [-0.05, 0) is 12.1 Å². The lowest BCUT2D eigenvalue weighted by Crippen LogP contribution is -2.25. The highest BCUT2D eigenvalue weighted by Crippen LogP contribution is 2.25. The summed E-state index contributed by atoms with van der Waals surface area (Å²) in [4.78, 5) is 10.7. The van der Waals surface area contributed by atoms with E-state index in [9.17, 15) is 4.79 Å². The second-order valence-corrected chi connectivity index (χ2v) is 2.47. The number of para-hydroxylation sites is 2. The summed E-state index contributed by atoms with van der Waals surface area (Å²) in [5, 5.41) is 8.23. The predicted octanol–water partition coefficient (Wildman–Crippen LogP) is 0.579. The first kappa shape index (κ1) is 10.3. The molecule has 1 aromatic rings. The summed E-state index contributed by atoms with van der Waals surface area (Å²) in [7, 11) is 1.51. The van der Waals surface area contributed by atoms with Gasteiger partial charge in [0.15, 0.2) is 18.1 Å². The van der Waals surface area contributed by atoms with Crippen LogP contribution in [0.25, 0.3) is 0 Å².